The fraction of sp³-hybridized carbons (Fsp3) is 0.583. The Morgan fingerprint density at radius 1 is 0.853 bits per heavy atom. The van der Waals surface area contributed by atoms with Gasteiger partial charge in [-0.05, 0) is 50.6 Å². The van der Waals surface area contributed by atoms with Gasteiger partial charge in [0, 0.05) is 6.42 Å². The summed E-state index contributed by atoms with van der Waals surface area (Å²) in [5.74, 6) is -2.69. The minimum atomic E-state index is -1.16. The number of carbonyl (C=O) groups is 4. The van der Waals surface area contributed by atoms with Gasteiger partial charge >= 0.3 is 5.97 Å². The van der Waals surface area contributed by atoms with E-state index in [0.717, 1.165) is 5.56 Å². The van der Waals surface area contributed by atoms with E-state index in [0.29, 0.717) is 25.8 Å². The summed E-state index contributed by atoms with van der Waals surface area (Å²) in [4.78, 5) is 50.0. The van der Waals surface area contributed by atoms with Crippen LogP contribution < -0.4 is 27.4 Å². The van der Waals surface area contributed by atoms with Crippen LogP contribution in [0.3, 0.4) is 0 Å². The Morgan fingerprint density at radius 3 is 1.94 bits per heavy atom. The highest BCUT2D eigenvalue weighted by Crippen LogP contribution is 2.09. The second-order valence-electron chi connectivity index (χ2n) is 8.91. The summed E-state index contributed by atoms with van der Waals surface area (Å²) in [5, 5.41) is 17.4. The molecule has 0 spiro atoms. The van der Waals surface area contributed by atoms with Gasteiger partial charge in [0.05, 0.1) is 6.04 Å². The SMILES string of the molecule is CC(C)CC(NC(=O)C(C)N)C(=O)NC(Cc1ccccc1)C(=O)NC(CCCCN)C(=O)O. The smallest absolute Gasteiger partial charge is 0.326 e. The molecule has 3 amide bonds. The van der Waals surface area contributed by atoms with E-state index in [2.05, 4.69) is 16.0 Å². The molecule has 0 aliphatic rings. The summed E-state index contributed by atoms with van der Waals surface area (Å²) < 4.78 is 0. The molecule has 0 radical (unpaired) electrons. The quantitative estimate of drug-likeness (QED) is 0.197. The molecule has 0 fully saturated rings. The van der Waals surface area contributed by atoms with Crippen LogP contribution in [-0.4, -0.2) is 59.5 Å². The van der Waals surface area contributed by atoms with Crippen LogP contribution in [0, 0.1) is 5.92 Å². The molecule has 1 aromatic carbocycles. The minimum Gasteiger partial charge on any atom is -0.480 e. The van der Waals surface area contributed by atoms with Gasteiger partial charge in [0.2, 0.25) is 17.7 Å². The van der Waals surface area contributed by atoms with E-state index in [1.54, 1.807) is 0 Å². The fourth-order valence-corrected chi connectivity index (χ4v) is 3.36. The third-order valence-corrected chi connectivity index (χ3v) is 5.23. The molecule has 4 unspecified atom stereocenters. The predicted octanol–water partition coefficient (Wildman–Crippen LogP) is 0.290. The first-order chi connectivity index (χ1) is 16.0. The zero-order valence-corrected chi connectivity index (χ0v) is 20.3. The Labute approximate surface area is 201 Å². The number of carboxylic acids is 1. The van der Waals surface area contributed by atoms with Crippen LogP contribution in [0.4, 0.5) is 0 Å². The number of benzene rings is 1. The van der Waals surface area contributed by atoms with Crippen molar-refractivity contribution in [2.75, 3.05) is 6.54 Å². The Morgan fingerprint density at radius 2 is 1.41 bits per heavy atom. The number of nitrogens with two attached hydrogens (primary N) is 2. The van der Waals surface area contributed by atoms with Crippen LogP contribution in [0.15, 0.2) is 30.3 Å². The summed E-state index contributed by atoms with van der Waals surface area (Å²) in [6.07, 6.45) is 1.91. The van der Waals surface area contributed by atoms with Crippen molar-refractivity contribution < 1.29 is 24.3 Å². The third-order valence-electron chi connectivity index (χ3n) is 5.23. The van der Waals surface area contributed by atoms with Gasteiger partial charge in [0.25, 0.3) is 0 Å². The first-order valence-electron chi connectivity index (χ1n) is 11.7. The molecular formula is C24H39N5O5. The van der Waals surface area contributed by atoms with E-state index in [1.165, 1.54) is 6.92 Å². The fourth-order valence-electron chi connectivity index (χ4n) is 3.36. The van der Waals surface area contributed by atoms with Gasteiger partial charge in [-0.1, -0.05) is 44.2 Å². The van der Waals surface area contributed by atoms with E-state index < -0.39 is 47.9 Å². The van der Waals surface area contributed by atoms with Crippen molar-refractivity contribution in [1.29, 1.82) is 0 Å². The molecule has 0 aliphatic carbocycles. The number of carboxylic acid groups (broad SMARTS) is 1. The summed E-state index contributed by atoms with van der Waals surface area (Å²) in [7, 11) is 0. The zero-order chi connectivity index (χ0) is 25.7. The van der Waals surface area contributed by atoms with E-state index in [-0.39, 0.29) is 18.8 Å². The molecule has 0 bridgehead atoms. The van der Waals surface area contributed by atoms with Crippen LogP contribution in [0.1, 0.15) is 52.0 Å². The molecule has 10 heteroatoms. The zero-order valence-electron chi connectivity index (χ0n) is 20.3. The highest BCUT2D eigenvalue weighted by Gasteiger charge is 2.30. The normalized spacial score (nSPS) is 14.5. The van der Waals surface area contributed by atoms with Crippen molar-refractivity contribution >= 4 is 23.7 Å². The molecule has 8 N–H and O–H groups in total. The van der Waals surface area contributed by atoms with Crippen molar-refractivity contribution in [3.05, 3.63) is 35.9 Å². The summed E-state index contributed by atoms with van der Waals surface area (Å²) in [6.45, 7) is 5.76. The Kier molecular flexibility index (Phi) is 12.8. The molecule has 34 heavy (non-hydrogen) atoms. The molecule has 1 aromatic rings. The van der Waals surface area contributed by atoms with Crippen molar-refractivity contribution in [3.8, 4) is 0 Å². The highest BCUT2D eigenvalue weighted by atomic mass is 16.4. The van der Waals surface area contributed by atoms with Gasteiger partial charge in [-0.15, -0.1) is 0 Å². The average molecular weight is 478 g/mol. The van der Waals surface area contributed by atoms with Crippen LogP contribution in [-0.2, 0) is 25.6 Å². The molecule has 10 nitrogen and oxygen atoms in total. The Bertz CT molecular complexity index is 800. The summed E-state index contributed by atoms with van der Waals surface area (Å²) in [5.41, 5.74) is 11.9. The lowest BCUT2D eigenvalue weighted by molar-refractivity contribution is -0.142. The maximum atomic E-state index is 13.1. The standard InChI is InChI=1S/C24H39N5O5/c1-15(2)13-19(28-21(30)16(3)26)22(31)29-20(14-17-9-5-4-6-10-17)23(32)27-18(24(33)34)11-7-8-12-25/h4-6,9-10,15-16,18-20H,7-8,11-14,25-26H2,1-3H3,(H,27,32)(H,28,30)(H,29,31)(H,33,34). The lowest BCUT2D eigenvalue weighted by atomic mass is 10.0. The lowest BCUT2D eigenvalue weighted by Crippen LogP contribution is -2.57. The maximum Gasteiger partial charge on any atom is 0.326 e. The molecule has 0 heterocycles. The average Bonchev–Trinajstić information content (AvgIpc) is 2.77. The van der Waals surface area contributed by atoms with Crippen LogP contribution >= 0.6 is 0 Å². The summed E-state index contributed by atoms with van der Waals surface area (Å²) >= 11 is 0. The highest BCUT2D eigenvalue weighted by molar-refractivity contribution is 5.94. The second kappa shape index (κ2) is 15.0. The van der Waals surface area contributed by atoms with E-state index in [4.69, 9.17) is 11.5 Å². The third kappa shape index (κ3) is 10.8. The predicted molar refractivity (Wildman–Crippen MR) is 130 cm³/mol. The van der Waals surface area contributed by atoms with Crippen LogP contribution in [0.5, 0.6) is 0 Å². The number of nitrogens with one attached hydrogen (secondary N) is 3. The van der Waals surface area contributed by atoms with Crippen LogP contribution in [0.2, 0.25) is 0 Å². The molecule has 0 aliphatic heterocycles. The van der Waals surface area contributed by atoms with Gasteiger partial charge in [-0.3, -0.25) is 14.4 Å². The number of unbranched alkanes of at least 4 members (excludes halogenated alkanes) is 1. The van der Waals surface area contributed by atoms with Crippen molar-refractivity contribution in [1.82, 2.24) is 16.0 Å². The molecule has 1 rings (SSSR count). The van der Waals surface area contributed by atoms with Gasteiger partial charge < -0.3 is 32.5 Å². The first kappa shape index (κ1) is 29.1. The van der Waals surface area contributed by atoms with Crippen molar-refractivity contribution in [2.45, 2.75) is 77.0 Å². The van der Waals surface area contributed by atoms with Crippen LogP contribution in [0.25, 0.3) is 0 Å². The molecule has 4 atom stereocenters. The maximum absolute atomic E-state index is 13.1. The number of hydrogen-bond acceptors (Lipinski definition) is 6. The molecule has 190 valence electrons. The van der Waals surface area contributed by atoms with E-state index in [9.17, 15) is 24.3 Å². The summed E-state index contributed by atoms with van der Waals surface area (Å²) in [6, 6.07) is 5.26. The Balaban J connectivity index is 3.06. The van der Waals surface area contributed by atoms with Gasteiger partial charge in [-0.2, -0.15) is 0 Å². The number of carbonyl (C=O) groups excluding carboxylic acids is 3. The monoisotopic (exact) mass is 477 g/mol. The molecule has 0 saturated heterocycles. The first-order valence-corrected chi connectivity index (χ1v) is 11.7. The van der Waals surface area contributed by atoms with E-state index >= 15 is 0 Å². The second-order valence-corrected chi connectivity index (χ2v) is 8.91. The van der Waals surface area contributed by atoms with Gasteiger partial charge in [0.1, 0.15) is 18.1 Å². The van der Waals surface area contributed by atoms with Gasteiger partial charge in [0.15, 0.2) is 0 Å². The Hall–Kier alpha value is -2.98. The molecule has 0 saturated carbocycles. The topological polar surface area (TPSA) is 177 Å². The number of rotatable bonds is 15. The van der Waals surface area contributed by atoms with Gasteiger partial charge in [-0.25, -0.2) is 4.79 Å². The van der Waals surface area contributed by atoms with E-state index in [1.807, 2.05) is 44.2 Å². The van der Waals surface area contributed by atoms with Crippen molar-refractivity contribution in [2.24, 2.45) is 17.4 Å². The largest absolute Gasteiger partial charge is 0.480 e. The minimum absolute atomic E-state index is 0.0875. The lowest BCUT2D eigenvalue weighted by Gasteiger charge is -2.26. The number of hydrogen-bond donors (Lipinski definition) is 6. The molecular weight excluding hydrogens is 438 g/mol. The molecule has 0 aromatic heterocycles. The number of aliphatic carboxylic acids is 1. The number of amides is 3. The van der Waals surface area contributed by atoms with Crippen molar-refractivity contribution in [3.63, 3.8) is 0 Å².